The Bertz CT molecular complexity index is 655. The van der Waals surface area contributed by atoms with Crippen molar-refractivity contribution in [3.63, 3.8) is 0 Å². The number of carbonyl (C=O) groups excluding carboxylic acids is 1. The minimum Gasteiger partial charge on any atom is -0.493 e. The molecule has 0 unspecified atom stereocenters. The highest BCUT2D eigenvalue weighted by atomic mass is 16.5. The van der Waals surface area contributed by atoms with Crippen molar-refractivity contribution in [2.75, 3.05) is 19.7 Å². The predicted molar refractivity (Wildman–Crippen MR) is 97.6 cm³/mol. The molecule has 1 aliphatic rings. The molecule has 3 rings (SSSR count). The molecule has 1 fully saturated rings. The summed E-state index contributed by atoms with van der Waals surface area (Å²) >= 11 is 0. The topological polar surface area (TPSA) is 38.3 Å². The maximum Gasteiger partial charge on any atom is 0.162 e. The Balaban J connectivity index is 1.60. The van der Waals surface area contributed by atoms with Crippen molar-refractivity contribution in [3.05, 3.63) is 54.1 Å². The highest BCUT2D eigenvalue weighted by Crippen LogP contribution is 2.24. The lowest BCUT2D eigenvalue weighted by Gasteiger charge is -2.22. The second-order valence-corrected chi connectivity index (χ2v) is 6.38. The van der Waals surface area contributed by atoms with Crippen molar-refractivity contribution < 1.29 is 9.53 Å². The van der Waals surface area contributed by atoms with Gasteiger partial charge in [0.1, 0.15) is 5.75 Å². The van der Waals surface area contributed by atoms with Gasteiger partial charge in [0.15, 0.2) is 5.78 Å². The molecule has 3 nitrogen and oxygen atoms in total. The molecule has 0 amide bonds. The summed E-state index contributed by atoms with van der Waals surface area (Å²) in [5.41, 5.74) is 3.04. The molecule has 3 heteroatoms. The van der Waals surface area contributed by atoms with E-state index in [0.29, 0.717) is 12.3 Å². The second-order valence-electron chi connectivity index (χ2n) is 6.38. The van der Waals surface area contributed by atoms with E-state index in [9.17, 15) is 4.79 Å². The molecule has 1 heterocycles. The molecule has 2 aromatic rings. The number of carbonyl (C=O) groups is 1. The Kier molecular flexibility index (Phi) is 5.65. The number of piperidine rings is 1. The number of ketones is 1. The van der Waals surface area contributed by atoms with Gasteiger partial charge in [0.25, 0.3) is 0 Å². The second kappa shape index (κ2) is 8.11. The summed E-state index contributed by atoms with van der Waals surface area (Å²) in [6.07, 6.45) is 2.93. The molecular weight excluding hydrogens is 298 g/mol. The summed E-state index contributed by atoms with van der Waals surface area (Å²) < 4.78 is 5.93. The van der Waals surface area contributed by atoms with Crippen LogP contribution in [0.25, 0.3) is 11.1 Å². The standard InChI is InChI=1S/C21H25NO2/c1-2-21(23)19-5-3-17(4-6-19)18-7-9-20(10-8-18)24-15-16-11-13-22-14-12-16/h3-10,16,22H,2,11-15H2,1H3. The molecule has 0 aromatic heterocycles. The highest BCUT2D eigenvalue weighted by Gasteiger charge is 2.13. The molecule has 0 radical (unpaired) electrons. The van der Waals surface area contributed by atoms with Crippen molar-refractivity contribution in [1.82, 2.24) is 5.32 Å². The van der Waals surface area contributed by atoms with Gasteiger partial charge in [0.2, 0.25) is 0 Å². The first kappa shape index (κ1) is 16.7. The summed E-state index contributed by atoms with van der Waals surface area (Å²) in [7, 11) is 0. The van der Waals surface area contributed by atoms with Crippen LogP contribution in [-0.4, -0.2) is 25.5 Å². The largest absolute Gasteiger partial charge is 0.493 e. The summed E-state index contributed by atoms with van der Waals surface area (Å²) in [4.78, 5) is 11.7. The number of nitrogens with one attached hydrogen (secondary N) is 1. The monoisotopic (exact) mass is 323 g/mol. The zero-order valence-electron chi connectivity index (χ0n) is 14.3. The van der Waals surface area contributed by atoms with Gasteiger partial charge in [-0.2, -0.15) is 0 Å². The number of ether oxygens (including phenoxy) is 1. The van der Waals surface area contributed by atoms with Crippen molar-refractivity contribution in [3.8, 4) is 16.9 Å². The average Bonchev–Trinajstić information content (AvgIpc) is 2.67. The minimum absolute atomic E-state index is 0.184. The van der Waals surface area contributed by atoms with E-state index in [-0.39, 0.29) is 5.78 Å². The fraction of sp³-hybridized carbons (Fsp3) is 0.381. The van der Waals surface area contributed by atoms with Gasteiger partial charge in [-0.25, -0.2) is 0 Å². The number of hydrogen-bond acceptors (Lipinski definition) is 3. The van der Waals surface area contributed by atoms with Gasteiger partial charge in [0.05, 0.1) is 6.61 Å². The zero-order chi connectivity index (χ0) is 16.8. The molecule has 24 heavy (non-hydrogen) atoms. The summed E-state index contributed by atoms with van der Waals surface area (Å²) in [6, 6.07) is 16.0. The Hall–Kier alpha value is -2.13. The fourth-order valence-corrected chi connectivity index (χ4v) is 3.06. The first-order chi connectivity index (χ1) is 11.8. The van der Waals surface area contributed by atoms with Crippen molar-refractivity contribution >= 4 is 5.78 Å². The van der Waals surface area contributed by atoms with E-state index in [0.717, 1.165) is 42.1 Å². The molecule has 2 aromatic carbocycles. The number of rotatable bonds is 6. The minimum atomic E-state index is 0.184. The van der Waals surface area contributed by atoms with Crippen LogP contribution in [0.5, 0.6) is 5.75 Å². The average molecular weight is 323 g/mol. The van der Waals surface area contributed by atoms with Crippen LogP contribution in [0.4, 0.5) is 0 Å². The molecule has 1 N–H and O–H groups in total. The summed E-state index contributed by atoms with van der Waals surface area (Å²) in [5.74, 6) is 1.77. The van der Waals surface area contributed by atoms with Gasteiger partial charge in [-0.1, -0.05) is 43.3 Å². The van der Waals surface area contributed by atoms with Crippen LogP contribution in [0.15, 0.2) is 48.5 Å². The smallest absolute Gasteiger partial charge is 0.162 e. The van der Waals surface area contributed by atoms with Crippen LogP contribution in [0.3, 0.4) is 0 Å². The van der Waals surface area contributed by atoms with Gasteiger partial charge in [0, 0.05) is 12.0 Å². The molecule has 0 aliphatic carbocycles. The molecule has 126 valence electrons. The Morgan fingerprint density at radius 3 is 2.17 bits per heavy atom. The Morgan fingerprint density at radius 2 is 1.58 bits per heavy atom. The SMILES string of the molecule is CCC(=O)c1ccc(-c2ccc(OCC3CCNCC3)cc2)cc1. The van der Waals surface area contributed by atoms with E-state index < -0.39 is 0 Å². The molecule has 1 saturated heterocycles. The first-order valence-corrected chi connectivity index (χ1v) is 8.83. The van der Waals surface area contributed by atoms with Crippen LogP contribution in [0.2, 0.25) is 0 Å². The van der Waals surface area contributed by atoms with Crippen LogP contribution in [-0.2, 0) is 0 Å². The third-order valence-corrected chi connectivity index (χ3v) is 4.66. The van der Waals surface area contributed by atoms with Crippen molar-refractivity contribution in [1.29, 1.82) is 0 Å². The van der Waals surface area contributed by atoms with Crippen LogP contribution in [0.1, 0.15) is 36.5 Å². The maximum absolute atomic E-state index is 11.7. The van der Waals surface area contributed by atoms with Gasteiger partial charge >= 0.3 is 0 Å². The van der Waals surface area contributed by atoms with E-state index in [1.54, 1.807) is 0 Å². The first-order valence-electron chi connectivity index (χ1n) is 8.83. The molecule has 0 atom stereocenters. The van der Waals surface area contributed by atoms with Gasteiger partial charge in [-0.05, 0) is 55.1 Å². The Labute approximate surface area is 144 Å². The van der Waals surface area contributed by atoms with E-state index >= 15 is 0 Å². The normalized spacial score (nSPS) is 15.2. The van der Waals surface area contributed by atoms with Gasteiger partial charge < -0.3 is 10.1 Å². The summed E-state index contributed by atoms with van der Waals surface area (Å²) in [6.45, 7) is 4.89. The Morgan fingerprint density at radius 1 is 1.00 bits per heavy atom. The van der Waals surface area contributed by atoms with Crippen LogP contribution < -0.4 is 10.1 Å². The van der Waals surface area contributed by atoms with E-state index in [1.807, 2.05) is 43.3 Å². The highest BCUT2D eigenvalue weighted by molar-refractivity contribution is 5.96. The molecule has 0 spiro atoms. The van der Waals surface area contributed by atoms with Crippen LogP contribution >= 0.6 is 0 Å². The predicted octanol–water partition coefficient (Wildman–Crippen LogP) is 4.32. The van der Waals surface area contributed by atoms with Gasteiger partial charge in [-0.3, -0.25) is 4.79 Å². The third-order valence-electron chi connectivity index (χ3n) is 4.66. The molecular formula is C21H25NO2. The fourth-order valence-electron chi connectivity index (χ4n) is 3.06. The lowest BCUT2D eigenvalue weighted by molar-refractivity contribution is 0.0988. The summed E-state index contributed by atoms with van der Waals surface area (Å²) in [5, 5.41) is 3.38. The van der Waals surface area contributed by atoms with Crippen molar-refractivity contribution in [2.24, 2.45) is 5.92 Å². The number of benzene rings is 2. The molecule has 1 aliphatic heterocycles. The third kappa shape index (κ3) is 4.24. The van der Waals surface area contributed by atoms with E-state index in [4.69, 9.17) is 4.74 Å². The molecule has 0 saturated carbocycles. The van der Waals surface area contributed by atoms with Crippen molar-refractivity contribution in [2.45, 2.75) is 26.2 Å². The number of Topliss-reactive ketones (excluding diaryl/α,β-unsaturated/α-hetero) is 1. The zero-order valence-corrected chi connectivity index (χ0v) is 14.3. The lowest BCUT2D eigenvalue weighted by atomic mass is 9.99. The van der Waals surface area contributed by atoms with E-state index in [2.05, 4.69) is 17.4 Å². The quantitative estimate of drug-likeness (QED) is 0.804. The van der Waals surface area contributed by atoms with Gasteiger partial charge in [-0.15, -0.1) is 0 Å². The maximum atomic E-state index is 11.7. The van der Waals surface area contributed by atoms with Crippen LogP contribution in [0, 0.1) is 5.92 Å². The lowest BCUT2D eigenvalue weighted by Crippen LogP contribution is -2.30. The number of hydrogen-bond donors (Lipinski definition) is 1. The van der Waals surface area contributed by atoms with E-state index in [1.165, 1.54) is 12.8 Å². The molecule has 0 bridgehead atoms.